The standard InChI is InChI=1S/C14H19N5O/c1-18-10-2-3-11(18)7-9(6-10)17-14(20)12-8-16-19-5-4-15-13(12)19/h4-5,8-11,16H,2-3,6-7H2,1H3,(H,17,20)/t9?,10-,11+. The van der Waals surface area contributed by atoms with Gasteiger partial charge in [0.05, 0.1) is 0 Å². The number of carbonyl (C=O) groups is 1. The van der Waals surface area contributed by atoms with E-state index in [1.165, 1.54) is 12.8 Å². The maximum absolute atomic E-state index is 12.4. The monoisotopic (exact) mass is 273 g/mol. The second-order valence-corrected chi connectivity index (χ2v) is 6.00. The van der Waals surface area contributed by atoms with Crippen LogP contribution in [-0.2, 0) is 0 Å². The third kappa shape index (κ3) is 1.75. The van der Waals surface area contributed by atoms with E-state index >= 15 is 0 Å². The Balaban J connectivity index is 1.50. The summed E-state index contributed by atoms with van der Waals surface area (Å²) in [7, 11) is 2.21. The number of piperidine rings is 1. The second kappa shape index (κ2) is 4.34. The lowest BCUT2D eigenvalue weighted by Crippen LogP contribution is -2.48. The van der Waals surface area contributed by atoms with Crippen molar-refractivity contribution in [3.05, 3.63) is 24.2 Å². The van der Waals surface area contributed by atoms with Gasteiger partial charge >= 0.3 is 0 Å². The number of nitrogens with one attached hydrogen (secondary N) is 2. The molecule has 1 amide bonds. The summed E-state index contributed by atoms with van der Waals surface area (Å²) in [4.78, 5) is 19.1. The Morgan fingerprint density at radius 3 is 2.90 bits per heavy atom. The highest BCUT2D eigenvalue weighted by atomic mass is 16.1. The number of aromatic amines is 1. The summed E-state index contributed by atoms with van der Waals surface area (Å²) in [5, 5.41) is 6.19. The summed E-state index contributed by atoms with van der Waals surface area (Å²) < 4.78 is 1.76. The van der Waals surface area contributed by atoms with Gasteiger partial charge in [0.25, 0.3) is 5.91 Å². The molecule has 2 fully saturated rings. The minimum Gasteiger partial charge on any atom is -0.349 e. The van der Waals surface area contributed by atoms with Crippen molar-refractivity contribution in [3.8, 4) is 0 Å². The Labute approximate surface area is 117 Å². The summed E-state index contributed by atoms with van der Waals surface area (Å²) in [6.07, 6.45) is 9.88. The normalized spacial score (nSPS) is 29.9. The van der Waals surface area contributed by atoms with Gasteiger partial charge in [0.1, 0.15) is 5.56 Å². The molecule has 0 spiro atoms. The van der Waals surface area contributed by atoms with Crippen molar-refractivity contribution >= 4 is 11.6 Å². The molecule has 2 aromatic heterocycles. The average molecular weight is 273 g/mol. The van der Waals surface area contributed by atoms with Crippen molar-refractivity contribution in [2.75, 3.05) is 7.05 Å². The Morgan fingerprint density at radius 1 is 1.40 bits per heavy atom. The third-order valence-corrected chi connectivity index (χ3v) is 4.91. The molecule has 6 nitrogen and oxygen atoms in total. The number of H-pyrrole nitrogens is 1. The van der Waals surface area contributed by atoms with E-state index in [4.69, 9.17) is 0 Å². The molecule has 2 aliphatic rings. The summed E-state index contributed by atoms with van der Waals surface area (Å²) >= 11 is 0. The zero-order valence-electron chi connectivity index (χ0n) is 11.5. The van der Waals surface area contributed by atoms with Crippen LogP contribution in [0.15, 0.2) is 18.6 Å². The first-order chi connectivity index (χ1) is 9.72. The molecule has 0 saturated carbocycles. The zero-order chi connectivity index (χ0) is 13.7. The van der Waals surface area contributed by atoms with Crippen LogP contribution < -0.4 is 5.32 Å². The lowest BCUT2D eigenvalue weighted by Gasteiger charge is -2.36. The predicted octanol–water partition coefficient (Wildman–Crippen LogP) is 1.02. The summed E-state index contributed by atoms with van der Waals surface area (Å²) in [5.74, 6) is -0.0172. The average Bonchev–Trinajstić information content (AvgIpc) is 3.05. The van der Waals surface area contributed by atoms with Gasteiger partial charge in [-0.15, -0.1) is 0 Å². The quantitative estimate of drug-likeness (QED) is 0.858. The first kappa shape index (κ1) is 12.0. The minimum absolute atomic E-state index is 0.0172. The number of imidazole rings is 1. The first-order valence-corrected chi connectivity index (χ1v) is 7.25. The number of hydrogen-bond acceptors (Lipinski definition) is 3. The van der Waals surface area contributed by atoms with Crippen LogP contribution in [0.1, 0.15) is 36.0 Å². The van der Waals surface area contributed by atoms with E-state index in [-0.39, 0.29) is 5.91 Å². The third-order valence-electron chi connectivity index (χ3n) is 4.91. The van der Waals surface area contributed by atoms with E-state index in [0.29, 0.717) is 29.3 Å². The van der Waals surface area contributed by atoms with Crippen molar-refractivity contribution in [1.82, 2.24) is 24.8 Å². The maximum Gasteiger partial charge on any atom is 0.256 e. The minimum atomic E-state index is -0.0172. The predicted molar refractivity (Wildman–Crippen MR) is 74.6 cm³/mol. The molecule has 2 aromatic rings. The molecule has 3 atom stereocenters. The number of rotatable bonds is 2. The Kier molecular flexibility index (Phi) is 2.60. The summed E-state index contributed by atoms with van der Waals surface area (Å²) in [6, 6.07) is 1.56. The van der Waals surface area contributed by atoms with Crippen molar-refractivity contribution in [2.45, 2.75) is 43.8 Å². The lowest BCUT2D eigenvalue weighted by molar-refractivity contribution is 0.0884. The molecule has 0 radical (unpaired) electrons. The fourth-order valence-corrected chi connectivity index (χ4v) is 3.77. The van der Waals surface area contributed by atoms with Crippen molar-refractivity contribution in [3.63, 3.8) is 0 Å². The first-order valence-electron chi connectivity index (χ1n) is 7.25. The zero-order valence-corrected chi connectivity index (χ0v) is 11.5. The van der Waals surface area contributed by atoms with E-state index in [0.717, 1.165) is 12.8 Å². The van der Waals surface area contributed by atoms with E-state index in [1.54, 1.807) is 16.9 Å². The Morgan fingerprint density at radius 2 is 2.15 bits per heavy atom. The van der Waals surface area contributed by atoms with Crippen LogP contribution in [0.3, 0.4) is 0 Å². The van der Waals surface area contributed by atoms with Gasteiger partial charge in [0, 0.05) is 36.7 Å². The Hall–Kier alpha value is -1.82. The number of fused-ring (bicyclic) bond motifs is 3. The van der Waals surface area contributed by atoms with Crippen LogP contribution in [0.4, 0.5) is 0 Å². The summed E-state index contributed by atoms with van der Waals surface area (Å²) in [5.41, 5.74) is 1.32. The highest BCUT2D eigenvalue weighted by molar-refractivity contribution is 5.99. The molecule has 0 aromatic carbocycles. The smallest absolute Gasteiger partial charge is 0.256 e. The van der Waals surface area contributed by atoms with Gasteiger partial charge in [-0.3, -0.25) is 9.89 Å². The molecule has 4 heterocycles. The largest absolute Gasteiger partial charge is 0.349 e. The van der Waals surface area contributed by atoms with Gasteiger partial charge < -0.3 is 10.2 Å². The number of nitrogens with zero attached hydrogens (tertiary/aromatic N) is 3. The van der Waals surface area contributed by atoms with Gasteiger partial charge in [-0.2, -0.15) is 0 Å². The molecule has 1 unspecified atom stereocenters. The molecule has 106 valence electrons. The van der Waals surface area contributed by atoms with Gasteiger partial charge in [-0.1, -0.05) is 0 Å². The van der Waals surface area contributed by atoms with Crippen LogP contribution in [0.2, 0.25) is 0 Å². The van der Waals surface area contributed by atoms with Crippen LogP contribution in [0.5, 0.6) is 0 Å². The van der Waals surface area contributed by atoms with Crippen LogP contribution >= 0.6 is 0 Å². The molecule has 2 saturated heterocycles. The van der Waals surface area contributed by atoms with Crippen LogP contribution in [-0.4, -0.2) is 50.6 Å². The fourth-order valence-electron chi connectivity index (χ4n) is 3.77. The van der Waals surface area contributed by atoms with Crippen molar-refractivity contribution in [2.24, 2.45) is 0 Å². The number of amides is 1. The van der Waals surface area contributed by atoms with Gasteiger partial charge in [0.2, 0.25) is 0 Å². The van der Waals surface area contributed by atoms with E-state index < -0.39 is 0 Å². The molecule has 4 rings (SSSR count). The van der Waals surface area contributed by atoms with Gasteiger partial charge in [0.15, 0.2) is 5.65 Å². The molecule has 0 aliphatic carbocycles. The molecule has 2 aliphatic heterocycles. The van der Waals surface area contributed by atoms with Crippen molar-refractivity contribution < 1.29 is 4.79 Å². The lowest BCUT2D eigenvalue weighted by atomic mass is 9.98. The Bertz CT molecular complexity index is 631. The van der Waals surface area contributed by atoms with Crippen molar-refractivity contribution in [1.29, 1.82) is 0 Å². The van der Waals surface area contributed by atoms with Gasteiger partial charge in [-0.25, -0.2) is 9.50 Å². The second-order valence-electron chi connectivity index (χ2n) is 6.00. The fraction of sp³-hybridized carbons (Fsp3) is 0.571. The van der Waals surface area contributed by atoms with Crippen LogP contribution in [0.25, 0.3) is 5.65 Å². The molecule has 20 heavy (non-hydrogen) atoms. The highest BCUT2D eigenvalue weighted by Gasteiger charge is 2.38. The highest BCUT2D eigenvalue weighted by Crippen LogP contribution is 2.34. The topological polar surface area (TPSA) is 65.4 Å². The summed E-state index contributed by atoms with van der Waals surface area (Å²) in [6.45, 7) is 0. The van der Waals surface area contributed by atoms with Gasteiger partial charge in [-0.05, 0) is 32.7 Å². The van der Waals surface area contributed by atoms with E-state index in [1.807, 2.05) is 6.20 Å². The molecular weight excluding hydrogens is 254 g/mol. The maximum atomic E-state index is 12.4. The number of hydrogen-bond donors (Lipinski definition) is 2. The van der Waals surface area contributed by atoms with E-state index in [2.05, 4.69) is 27.3 Å². The number of aromatic nitrogens is 3. The van der Waals surface area contributed by atoms with E-state index in [9.17, 15) is 4.79 Å². The number of carbonyl (C=O) groups excluding carboxylic acids is 1. The molecular formula is C14H19N5O. The molecule has 6 heteroatoms. The van der Waals surface area contributed by atoms with Crippen LogP contribution in [0, 0.1) is 0 Å². The molecule has 2 N–H and O–H groups in total. The SMILES string of the molecule is CN1[C@@H]2CC[C@H]1CC(NC(=O)c1c[nH]n3ccnc13)C2. The molecule has 2 bridgehead atoms.